The highest BCUT2D eigenvalue weighted by atomic mass is 79.9. The Morgan fingerprint density at radius 1 is 1.53 bits per heavy atom. The zero-order valence-corrected chi connectivity index (χ0v) is 9.27. The average molecular weight is 274 g/mol. The zero-order chi connectivity index (χ0) is 10.8. The van der Waals surface area contributed by atoms with Crippen molar-refractivity contribution in [1.29, 1.82) is 0 Å². The van der Waals surface area contributed by atoms with Crippen molar-refractivity contribution in [3.63, 3.8) is 0 Å². The van der Waals surface area contributed by atoms with Crippen molar-refractivity contribution < 1.29 is 14.4 Å². The van der Waals surface area contributed by atoms with Crippen LogP contribution in [0.3, 0.4) is 0 Å². The van der Waals surface area contributed by atoms with E-state index < -0.39 is 4.92 Å². The first-order valence-corrected chi connectivity index (χ1v) is 5.14. The molecule has 0 saturated carbocycles. The van der Waals surface area contributed by atoms with Gasteiger partial charge in [0.05, 0.1) is 28.7 Å². The van der Waals surface area contributed by atoms with Gasteiger partial charge >= 0.3 is 0 Å². The molecule has 1 aliphatic heterocycles. The van der Waals surface area contributed by atoms with E-state index in [1.807, 2.05) is 0 Å². The Morgan fingerprint density at radius 2 is 2.27 bits per heavy atom. The molecule has 6 heteroatoms. The van der Waals surface area contributed by atoms with Crippen molar-refractivity contribution in [1.82, 2.24) is 0 Å². The summed E-state index contributed by atoms with van der Waals surface area (Å²) < 4.78 is 11.2. The number of hydrogen-bond acceptors (Lipinski definition) is 4. The minimum Gasteiger partial charge on any atom is -0.484 e. The molecule has 0 atom stereocenters. The number of benzene rings is 1. The Hall–Kier alpha value is -1.14. The van der Waals surface area contributed by atoms with Gasteiger partial charge in [0.25, 0.3) is 5.69 Å². The van der Waals surface area contributed by atoms with E-state index in [1.54, 1.807) is 6.07 Å². The molecule has 0 N–H and O–H groups in total. The highest BCUT2D eigenvalue weighted by Crippen LogP contribution is 2.30. The lowest BCUT2D eigenvalue weighted by atomic mass is 10.3. The predicted molar refractivity (Wildman–Crippen MR) is 56.0 cm³/mol. The van der Waals surface area contributed by atoms with E-state index in [9.17, 15) is 10.1 Å². The van der Waals surface area contributed by atoms with Crippen LogP contribution in [-0.2, 0) is 4.74 Å². The molecule has 0 amide bonds. The molecule has 1 aromatic carbocycles. The van der Waals surface area contributed by atoms with Gasteiger partial charge in [-0.3, -0.25) is 10.1 Å². The van der Waals surface area contributed by atoms with Crippen LogP contribution in [-0.4, -0.2) is 24.2 Å². The van der Waals surface area contributed by atoms with Crippen LogP contribution in [0.25, 0.3) is 0 Å². The molecule has 2 rings (SSSR count). The van der Waals surface area contributed by atoms with E-state index in [0.29, 0.717) is 23.4 Å². The van der Waals surface area contributed by atoms with E-state index in [-0.39, 0.29) is 11.8 Å². The average Bonchev–Trinajstić information content (AvgIpc) is 2.13. The van der Waals surface area contributed by atoms with Crippen LogP contribution in [0.2, 0.25) is 0 Å². The van der Waals surface area contributed by atoms with E-state index >= 15 is 0 Å². The Bertz CT molecular complexity index is 392. The SMILES string of the molecule is O=[N+]([O-])c1ccc(Br)c(OC2COC2)c1. The van der Waals surface area contributed by atoms with Crippen LogP contribution < -0.4 is 4.74 Å². The molecule has 1 aliphatic rings. The number of non-ortho nitro benzene ring substituents is 1. The second kappa shape index (κ2) is 4.16. The van der Waals surface area contributed by atoms with Crippen molar-refractivity contribution in [3.8, 4) is 5.75 Å². The van der Waals surface area contributed by atoms with E-state index in [4.69, 9.17) is 9.47 Å². The zero-order valence-electron chi connectivity index (χ0n) is 7.68. The third-order valence-electron chi connectivity index (χ3n) is 2.03. The number of nitro groups is 1. The first-order valence-electron chi connectivity index (χ1n) is 4.35. The molecular formula is C9H8BrNO4. The quantitative estimate of drug-likeness (QED) is 0.625. The normalized spacial score (nSPS) is 15.8. The second-order valence-corrected chi connectivity index (χ2v) is 4.00. The Morgan fingerprint density at radius 3 is 2.80 bits per heavy atom. The van der Waals surface area contributed by atoms with Crippen LogP contribution in [0.1, 0.15) is 0 Å². The van der Waals surface area contributed by atoms with E-state index in [1.165, 1.54) is 12.1 Å². The van der Waals surface area contributed by atoms with Crippen LogP contribution >= 0.6 is 15.9 Å². The fourth-order valence-corrected chi connectivity index (χ4v) is 1.50. The fourth-order valence-electron chi connectivity index (χ4n) is 1.16. The number of ether oxygens (including phenoxy) is 2. The summed E-state index contributed by atoms with van der Waals surface area (Å²) in [6.07, 6.45) is 0.00306. The molecule has 0 radical (unpaired) electrons. The van der Waals surface area contributed by atoms with Gasteiger partial charge in [0.1, 0.15) is 11.9 Å². The molecule has 0 aliphatic carbocycles. The summed E-state index contributed by atoms with van der Waals surface area (Å²) >= 11 is 3.27. The van der Waals surface area contributed by atoms with E-state index in [0.717, 1.165) is 0 Å². The number of rotatable bonds is 3. The van der Waals surface area contributed by atoms with Gasteiger partial charge in [-0.1, -0.05) is 0 Å². The number of hydrogen-bond donors (Lipinski definition) is 0. The maximum atomic E-state index is 10.5. The molecule has 0 spiro atoms. The molecule has 1 aromatic rings. The van der Waals surface area contributed by atoms with Crippen molar-refractivity contribution in [3.05, 3.63) is 32.8 Å². The summed E-state index contributed by atoms with van der Waals surface area (Å²) in [5.41, 5.74) is 0.0217. The minimum absolute atomic E-state index is 0.00306. The number of halogens is 1. The fraction of sp³-hybridized carbons (Fsp3) is 0.333. The standard InChI is InChI=1S/C9H8BrNO4/c10-8-2-1-6(11(12)13)3-9(8)15-7-4-14-5-7/h1-3,7H,4-5H2. The van der Waals surface area contributed by atoms with Gasteiger partial charge in [0, 0.05) is 6.07 Å². The van der Waals surface area contributed by atoms with Crippen LogP contribution in [0.15, 0.2) is 22.7 Å². The van der Waals surface area contributed by atoms with Crippen molar-refractivity contribution in [2.75, 3.05) is 13.2 Å². The van der Waals surface area contributed by atoms with Gasteiger partial charge < -0.3 is 9.47 Å². The molecule has 0 bridgehead atoms. The highest BCUT2D eigenvalue weighted by Gasteiger charge is 2.22. The molecule has 1 heterocycles. The van der Waals surface area contributed by atoms with Crippen LogP contribution in [0.5, 0.6) is 5.75 Å². The number of nitro benzene ring substituents is 1. The lowest BCUT2D eigenvalue weighted by molar-refractivity contribution is -0.385. The van der Waals surface area contributed by atoms with Gasteiger partial charge in [-0.05, 0) is 22.0 Å². The first-order chi connectivity index (χ1) is 7.16. The molecule has 5 nitrogen and oxygen atoms in total. The molecule has 1 saturated heterocycles. The summed E-state index contributed by atoms with van der Waals surface area (Å²) in [6.45, 7) is 1.07. The summed E-state index contributed by atoms with van der Waals surface area (Å²) in [5, 5.41) is 10.5. The van der Waals surface area contributed by atoms with Gasteiger partial charge in [-0.15, -0.1) is 0 Å². The molecule has 1 fully saturated rings. The summed E-state index contributed by atoms with van der Waals surface area (Å²) in [6, 6.07) is 4.43. The Balaban J connectivity index is 2.19. The maximum absolute atomic E-state index is 10.5. The number of nitrogens with zero attached hydrogens (tertiary/aromatic N) is 1. The summed E-state index contributed by atoms with van der Waals surface area (Å²) in [5.74, 6) is 0.484. The van der Waals surface area contributed by atoms with Gasteiger partial charge in [0.15, 0.2) is 0 Å². The van der Waals surface area contributed by atoms with Gasteiger partial charge in [-0.25, -0.2) is 0 Å². The topological polar surface area (TPSA) is 61.6 Å². The lowest BCUT2D eigenvalue weighted by Gasteiger charge is -2.27. The second-order valence-electron chi connectivity index (χ2n) is 3.15. The first kappa shape index (κ1) is 10.4. The largest absolute Gasteiger partial charge is 0.484 e. The van der Waals surface area contributed by atoms with Crippen LogP contribution in [0.4, 0.5) is 5.69 Å². The molecule has 0 unspecified atom stereocenters. The van der Waals surface area contributed by atoms with Crippen molar-refractivity contribution >= 4 is 21.6 Å². The predicted octanol–water partition coefficient (Wildman–Crippen LogP) is 2.13. The van der Waals surface area contributed by atoms with Crippen molar-refractivity contribution in [2.45, 2.75) is 6.10 Å². The van der Waals surface area contributed by atoms with Gasteiger partial charge in [0.2, 0.25) is 0 Å². The molecule has 0 aromatic heterocycles. The van der Waals surface area contributed by atoms with Gasteiger partial charge in [-0.2, -0.15) is 0 Å². The Labute approximate surface area is 94.3 Å². The third kappa shape index (κ3) is 2.27. The van der Waals surface area contributed by atoms with Crippen LogP contribution in [0, 0.1) is 10.1 Å². The smallest absolute Gasteiger partial charge is 0.273 e. The monoisotopic (exact) mass is 273 g/mol. The highest BCUT2D eigenvalue weighted by molar-refractivity contribution is 9.10. The lowest BCUT2D eigenvalue weighted by Crippen LogP contribution is -2.38. The van der Waals surface area contributed by atoms with E-state index in [2.05, 4.69) is 15.9 Å². The molecule has 15 heavy (non-hydrogen) atoms. The van der Waals surface area contributed by atoms with Crippen molar-refractivity contribution in [2.24, 2.45) is 0 Å². The molecular weight excluding hydrogens is 266 g/mol. The third-order valence-corrected chi connectivity index (χ3v) is 2.68. The summed E-state index contributed by atoms with van der Waals surface area (Å²) in [4.78, 5) is 10.1. The maximum Gasteiger partial charge on any atom is 0.273 e. The molecule has 80 valence electrons. The minimum atomic E-state index is -0.448. The Kier molecular flexibility index (Phi) is 2.88. The summed E-state index contributed by atoms with van der Waals surface area (Å²) in [7, 11) is 0.